The van der Waals surface area contributed by atoms with Crippen molar-refractivity contribution in [2.24, 2.45) is 5.41 Å². The van der Waals surface area contributed by atoms with Crippen LogP contribution in [0.2, 0.25) is 0 Å². The Morgan fingerprint density at radius 2 is 2.06 bits per heavy atom. The van der Waals surface area contributed by atoms with E-state index in [0.717, 1.165) is 5.57 Å². The molecular formula is C12H19NO3. The van der Waals surface area contributed by atoms with Gasteiger partial charge in [0.2, 0.25) is 12.1 Å². The van der Waals surface area contributed by atoms with Crippen molar-refractivity contribution in [1.82, 2.24) is 4.90 Å². The summed E-state index contributed by atoms with van der Waals surface area (Å²) in [5.41, 5.74) is 0.667. The molecule has 0 aliphatic carbocycles. The van der Waals surface area contributed by atoms with Crippen LogP contribution in [-0.4, -0.2) is 30.1 Å². The normalized spacial score (nSPS) is 21.1. The quantitative estimate of drug-likeness (QED) is 0.672. The molecule has 0 saturated heterocycles. The Bertz CT molecular complexity index is 339. The Morgan fingerprint density at radius 3 is 2.50 bits per heavy atom. The van der Waals surface area contributed by atoms with Crippen molar-refractivity contribution < 1.29 is 14.3 Å². The van der Waals surface area contributed by atoms with E-state index >= 15 is 0 Å². The standard InChI is InChI=1S/C12H19NO3/c1-6-10(15)16-11-8(12(2,3)4)7-9(14)13(11)5/h7,11H,6H2,1-5H3. The molecule has 0 spiro atoms. The maximum Gasteiger partial charge on any atom is 0.307 e. The van der Waals surface area contributed by atoms with E-state index in [-0.39, 0.29) is 17.3 Å². The number of esters is 1. The van der Waals surface area contributed by atoms with Crippen LogP contribution in [0.5, 0.6) is 0 Å². The summed E-state index contributed by atoms with van der Waals surface area (Å²) in [5, 5.41) is 0. The molecular weight excluding hydrogens is 206 g/mol. The lowest BCUT2D eigenvalue weighted by Crippen LogP contribution is -2.37. The number of nitrogens with zero attached hydrogens (tertiary/aromatic N) is 1. The first-order valence-electron chi connectivity index (χ1n) is 5.45. The zero-order chi connectivity index (χ0) is 12.5. The van der Waals surface area contributed by atoms with Crippen LogP contribution >= 0.6 is 0 Å². The van der Waals surface area contributed by atoms with Gasteiger partial charge in [0.15, 0.2) is 0 Å². The van der Waals surface area contributed by atoms with E-state index in [4.69, 9.17) is 4.74 Å². The number of rotatable bonds is 2. The van der Waals surface area contributed by atoms with Crippen LogP contribution in [0.1, 0.15) is 34.1 Å². The van der Waals surface area contributed by atoms with E-state index in [1.165, 1.54) is 4.90 Å². The first kappa shape index (κ1) is 12.7. The van der Waals surface area contributed by atoms with Crippen molar-refractivity contribution in [3.63, 3.8) is 0 Å². The summed E-state index contributed by atoms with van der Waals surface area (Å²) in [6.07, 6.45) is 1.34. The van der Waals surface area contributed by atoms with Gasteiger partial charge in [-0.2, -0.15) is 0 Å². The number of amides is 1. The van der Waals surface area contributed by atoms with E-state index in [1.54, 1.807) is 20.0 Å². The van der Waals surface area contributed by atoms with Gasteiger partial charge >= 0.3 is 5.97 Å². The fraction of sp³-hybridized carbons (Fsp3) is 0.667. The highest BCUT2D eigenvalue weighted by molar-refractivity contribution is 5.92. The summed E-state index contributed by atoms with van der Waals surface area (Å²) in [6.45, 7) is 7.73. The number of carbonyl (C=O) groups is 2. The number of hydrogen-bond acceptors (Lipinski definition) is 3. The smallest absolute Gasteiger partial charge is 0.307 e. The average molecular weight is 225 g/mol. The molecule has 16 heavy (non-hydrogen) atoms. The van der Waals surface area contributed by atoms with Crippen LogP contribution in [0.3, 0.4) is 0 Å². The minimum Gasteiger partial charge on any atom is -0.437 e. The predicted molar refractivity (Wildman–Crippen MR) is 60.5 cm³/mol. The molecule has 0 bridgehead atoms. The summed E-state index contributed by atoms with van der Waals surface area (Å²) in [7, 11) is 1.64. The Hall–Kier alpha value is -1.32. The lowest BCUT2D eigenvalue weighted by Gasteiger charge is -2.29. The number of ether oxygens (including phenoxy) is 1. The van der Waals surface area contributed by atoms with Crippen molar-refractivity contribution in [1.29, 1.82) is 0 Å². The Labute approximate surface area is 96.3 Å². The van der Waals surface area contributed by atoms with E-state index < -0.39 is 6.23 Å². The van der Waals surface area contributed by atoms with Crippen LogP contribution in [0.25, 0.3) is 0 Å². The highest BCUT2D eigenvalue weighted by Crippen LogP contribution is 2.34. The molecule has 1 aliphatic heterocycles. The van der Waals surface area contributed by atoms with Crippen molar-refractivity contribution in [3.8, 4) is 0 Å². The van der Waals surface area contributed by atoms with E-state index in [2.05, 4.69) is 0 Å². The second-order valence-electron chi connectivity index (χ2n) is 4.99. The van der Waals surface area contributed by atoms with Gasteiger partial charge in [0.05, 0.1) is 0 Å². The van der Waals surface area contributed by atoms with Crippen LogP contribution < -0.4 is 0 Å². The molecule has 1 unspecified atom stereocenters. The van der Waals surface area contributed by atoms with Crippen LogP contribution in [0.4, 0.5) is 0 Å². The molecule has 0 aromatic rings. The Morgan fingerprint density at radius 1 is 1.50 bits per heavy atom. The van der Waals surface area contributed by atoms with Gasteiger partial charge in [0.1, 0.15) is 0 Å². The molecule has 1 atom stereocenters. The molecule has 0 aromatic heterocycles. The fourth-order valence-electron chi connectivity index (χ4n) is 1.57. The first-order chi connectivity index (χ1) is 7.27. The SMILES string of the molecule is CCC(=O)OC1C(C(C)(C)C)=CC(=O)N1C. The number of hydrogen-bond donors (Lipinski definition) is 0. The van der Waals surface area contributed by atoms with Crippen molar-refractivity contribution >= 4 is 11.9 Å². The highest BCUT2D eigenvalue weighted by atomic mass is 16.6. The van der Waals surface area contributed by atoms with Crippen LogP contribution in [-0.2, 0) is 14.3 Å². The summed E-state index contributed by atoms with van der Waals surface area (Å²) in [4.78, 5) is 24.3. The summed E-state index contributed by atoms with van der Waals surface area (Å²) < 4.78 is 5.28. The Kier molecular flexibility index (Phi) is 3.41. The Balaban J connectivity index is 2.93. The predicted octanol–water partition coefficient (Wildman–Crippen LogP) is 1.71. The topological polar surface area (TPSA) is 46.6 Å². The van der Waals surface area contributed by atoms with Crippen LogP contribution in [0.15, 0.2) is 11.6 Å². The summed E-state index contributed by atoms with van der Waals surface area (Å²) in [5.74, 6) is -0.402. The van der Waals surface area contributed by atoms with Crippen molar-refractivity contribution in [2.75, 3.05) is 7.05 Å². The van der Waals surface area contributed by atoms with Crippen molar-refractivity contribution in [3.05, 3.63) is 11.6 Å². The van der Waals surface area contributed by atoms with E-state index in [1.807, 2.05) is 20.8 Å². The second kappa shape index (κ2) is 4.28. The van der Waals surface area contributed by atoms with Gasteiger partial charge in [-0.15, -0.1) is 0 Å². The molecule has 4 heteroatoms. The van der Waals surface area contributed by atoms with Crippen LogP contribution in [0, 0.1) is 5.41 Å². The zero-order valence-electron chi connectivity index (χ0n) is 10.5. The highest BCUT2D eigenvalue weighted by Gasteiger charge is 2.38. The molecule has 0 fully saturated rings. The zero-order valence-corrected chi connectivity index (χ0v) is 10.5. The van der Waals surface area contributed by atoms with Gasteiger partial charge in [-0.3, -0.25) is 9.59 Å². The van der Waals surface area contributed by atoms with Gasteiger partial charge in [0.25, 0.3) is 0 Å². The fourth-order valence-corrected chi connectivity index (χ4v) is 1.57. The maximum atomic E-state index is 11.6. The monoisotopic (exact) mass is 225 g/mol. The lowest BCUT2D eigenvalue weighted by atomic mass is 9.86. The third-order valence-electron chi connectivity index (χ3n) is 2.64. The molecule has 1 rings (SSSR count). The van der Waals surface area contributed by atoms with Gasteiger partial charge in [0, 0.05) is 25.1 Å². The summed E-state index contributed by atoms with van der Waals surface area (Å²) in [6, 6.07) is 0. The molecule has 90 valence electrons. The minimum atomic E-state index is -0.542. The summed E-state index contributed by atoms with van der Waals surface area (Å²) >= 11 is 0. The van der Waals surface area contributed by atoms with E-state index in [0.29, 0.717) is 6.42 Å². The average Bonchev–Trinajstić information content (AvgIpc) is 2.45. The van der Waals surface area contributed by atoms with Gasteiger partial charge in [-0.25, -0.2) is 0 Å². The largest absolute Gasteiger partial charge is 0.437 e. The molecule has 1 amide bonds. The minimum absolute atomic E-state index is 0.112. The van der Waals surface area contributed by atoms with Gasteiger partial charge in [-0.1, -0.05) is 27.7 Å². The number of carbonyl (C=O) groups excluding carboxylic acids is 2. The molecule has 4 nitrogen and oxygen atoms in total. The first-order valence-corrected chi connectivity index (χ1v) is 5.45. The lowest BCUT2D eigenvalue weighted by molar-refractivity contribution is -0.156. The third kappa shape index (κ3) is 2.43. The molecule has 0 aromatic carbocycles. The van der Waals surface area contributed by atoms with Gasteiger partial charge < -0.3 is 9.64 Å². The number of likely N-dealkylation sites (N-methyl/N-ethyl adjacent to an activating group) is 1. The van der Waals surface area contributed by atoms with Gasteiger partial charge in [-0.05, 0) is 5.41 Å². The molecule has 1 aliphatic rings. The second-order valence-corrected chi connectivity index (χ2v) is 4.99. The molecule has 1 heterocycles. The third-order valence-corrected chi connectivity index (χ3v) is 2.64. The molecule has 0 radical (unpaired) electrons. The van der Waals surface area contributed by atoms with E-state index in [9.17, 15) is 9.59 Å². The maximum absolute atomic E-state index is 11.6. The molecule has 0 saturated carbocycles. The molecule has 0 N–H and O–H groups in total. The van der Waals surface area contributed by atoms with Crippen molar-refractivity contribution in [2.45, 2.75) is 40.3 Å².